The number of nitrogens with one attached hydrogen (secondary N) is 3. The molecule has 8 heteroatoms. The topological polar surface area (TPSA) is 70.2 Å². The second-order valence-corrected chi connectivity index (χ2v) is 5.09. The van der Waals surface area contributed by atoms with Crippen LogP contribution in [-0.4, -0.2) is 25.0 Å². The smallest absolute Gasteiger partial charge is 0.319 e. The van der Waals surface area contributed by atoms with Gasteiger partial charge in [0, 0.05) is 19.2 Å². The molecule has 3 N–H and O–H groups in total. The van der Waals surface area contributed by atoms with Crippen LogP contribution in [-0.2, 0) is 0 Å². The van der Waals surface area contributed by atoms with Gasteiger partial charge >= 0.3 is 6.03 Å². The first-order chi connectivity index (χ1) is 12.0. The minimum absolute atomic E-state index is 0.0556. The van der Waals surface area contributed by atoms with Crippen LogP contribution in [0.1, 0.15) is 16.8 Å². The molecule has 0 aliphatic carbocycles. The van der Waals surface area contributed by atoms with Gasteiger partial charge in [-0.3, -0.25) is 4.79 Å². The van der Waals surface area contributed by atoms with Crippen molar-refractivity contribution < 1.29 is 22.8 Å². The molecule has 0 aliphatic heterocycles. The number of amides is 3. The molecule has 0 bridgehead atoms. The van der Waals surface area contributed by atoms with Gasteiger partial charge in [-0.15, -0.1) is 0 Å². The second-order valence-electron chi connectivity index (χ2n) is 5.09. The number of urea groups is 1. The molecule has 0 fully saturated rings. The van der Waals surface area contributed by atoms with Gasteiger partial charge in [0.1, 0.15) is 17.5 Å². The Hall–Kier alpha value is -3.03. The van der Waals surface area contributed by atoms with Crippen LogP contribution in [0.3, 0.4) is 0 Å². The fourth-order valence-corrected chi connectivity index (χ4v) is 1.99. The van der Waals surface area contributed by atoms with Crippen molar-refractivity contribution in [1.29, 1.82) is 0 Å². The van der Waals surface area contributed by atoms with E-state index in [0.717, 1.165) is 12.1 Å². The van der Waals surface area contributed by atoms with Crippen molar-refractivity contribution in [3.8, 4) is 0 Å². The van der Waals surface area contributed by atoms with Gasteiger partial charge in [0.05, 0.1) is 11.3 Å². The third kappa shape index (κ3) is 5.52. The monoisotopic (exact) mass is 351 g/mol. The quantitative estimate of drug-likeness (QED) is 0.700. The number of halogens is 3. The summed E-state index contributed by atoms with van der Waals surface area (Å²) >= 11 is 0. The number of carbonyl (C=O) groups is 2. The Labute approximate surface area is 142 Å². The van der Waals surface area contributed by atoms with Crippen molar-refractivity contribution in [3.63, 3.8) is 0 Å². The molecular weight excluding hydrogens is 335 g/mol. The molecule has 0 aromatic heterocycles. The summed E-state index contributed by atoms with van der Waals surface area (Å²) in [6.07, 6.45) is 0.388. The second kappa shape index (κ2) is 8.72. The van der Waals surface area contributed by atoms with Crippen molar-refractivity contribution in [2.75, 3.05) is 18.4 Å². The standard InChI is InChI=1S/C17H16F3N3O2/c18-11-6-7-15(14(20)10-11)23-17(25)22-9-3-8-21-16(24)12-4-1-2-5-13(12)19/h1-2,4-7,10H,3,8-9H2,(H,21,24)(H2,22,23,25). The SMILES string of the molecule is O=C(NCCCNC(=O)c1ccccc1F)Nc1ccc(F)cc1F. The number of hydrogen-bond donors (Lipinski definition) is 3. The van der Waals surface area contributed by atoms with Gasteiger partial charge in [-0.2, -0.15) is 0 Å². The van der Waals surface area contributed by atoms with Crippen LogP contribution >= 0.6 is 0 Å². The first-order valence-electron chi connectivity index (χ1n) is 7.50. The molecule has 2 aromatic rings. The lowest BCUT2D eigenvalue weighted by molar-refractivity contribution is 0.0949. The van der Waals surface area contributed by atoms with Crippen LogP contribution in [0.25, 0.3) is 0 Å². The molecule has 2 aromatic carbocycles. The molecule has 0 spiro atoms. The van der Waals surface area contributed by atoms with Crippen molar-refractivity contribution in [2.24, 2.45) is 0 Å². The molecule has 2 rings (SSSR count). The Bertz CT molecular complexity index is 769. The van der Waals surface area contributed by atoms with Crippen LogP contribution in [0.5, 0.6) is 0 Å². The predicted octanol–water partition coefficient (Wildman–Crippen LogP) is 3.05. The third-order valence-electron chi connectivity index (χ3n) is 3.22. The maximum atomic E-state index is 13.4. The normalized spacial score (nSPS) is 10.2. The van der Waals surface area contributed by atoms with Crippen LogP contribution in [0.4, 0.5) is 23.7 Å². The molecular formula is C17H16F3N3O2. The Morgan fingerprint density at radius 2 is 1.60 bits per heavy atom. The molecule has 0 saturated heterocycles. The lowest BCUT2D eigenvalue weighted by Crippen LogP contribution is -2.32. The van der Waals surface area contributed by atoms with E-state index in [-0.39, 0.29) is 24.3 Å². The first-order valence-corrected chi connectivity index (χ1v) is 7.50. The largest absolute Gasteiger partial charge is 0.352 e. The highest BCUT2D eigenvalue weighted by Crippen LogP contribution is 2.14. The zero-order chi connectivity index (χ0) is 18.2. The Morgan fingerprint density at radius 3 is 2.32 bits per heavy atom. The average molecular weight is 351 g/mol. The average Bonchev–Trinajstić information content (AvgIpc) is 2.57. The summed E-state index contributed by atoms with van der Waals surface area (Å²) in [5, 5.41) is 7.23. The summed E-state index contributed by atoms with van der Waals surface area (Å²) < 4.78 is 39.5. The van der Waals surface area contributed by atoms with E-state index in [1.54, 1.807) is 6.07 Å². The van der Waals surface area contributed by atoms with Crippen molar-refractivity contribution in [2.45, 2.75) is 6.42 Å². The summed E-state index contributed by atoms with van der Waals surface area (Å²) in [4.78, 5) is 23.3. The molecule has 0 unspecified atom stereocenters. The number of rotatable bonds is 6. The highest BCUT2D eigenvalue weighted by atomic mass is 19.1. The van der Waals surface area contributed by atoms with Gasteiger partial charge in [0.2, 0.25) is 0 Å². The Morgan fingerprint density at radius 1 is 0.880 bits per heavy atom. The van der Waals surface area contributed by atoms with E-state index >= 15 is 0 Å². The van der Waals surface area contributed by atoms with Gasteiger partial charge in [-0.05, 0) is 30.7 Å². The van der Waals surface area contributed by atoms with Gasteiger partial charge in [0.25, 0.3) is 5.91 Å². The maximum absolute atomic E-state index is 13.4. The van der Waals surface area contributed by atoms with Gasteiger partial charge < -0.3 is 16.0 Å². The third-order valence-corrected chi connectivity index (χ3v) is 3.22. The summed E-state index contributed by atoms with van der Waals surface area (Å²) in [6.45, 7) is 0.421. The fourth-order valence-electron chi connectivity index (χ4n) is 1.99. The predicted molar refractivity (Wildman–Crippen MR) is 86.7 cm³/mol. The molecule has 3 amide bonds. The van der Waals surface area contributed by atoms with Gasteiger partial charge in [-0.25, -0.2) is 18.0 Å². The van der Waals surface area contributed by atoms with Crippen LogP contribution in [0.15, 0.2) is 42.5 Å². The number of anilines is 1. The zero-order valence-corrected chi connectivity index (χ0v) is 13.1. The van der Waals surface area contributed by atoms with E-state index in [1.807, 2.05) is 0 Å². The number of benzene rings is 2. The lowest BCUT2D eigenvalue weighted by atomic mass is 10.2. The summed E-state index contributed by atoms with van der Waals surface area (Å²) in [7, 11) is 0. The Balaban J connectivity index is 1.68. The zero-order valence-electron chi connectivity index (χ0n) is 13.1. The van der Waals surface area contributed by atoms with Crippen molar-refractivity contribution in [1.82, 2.24) is 10.6 Å². The lowest BCUT2D eigenvalue weighted by Gasteiger charge is -2.09. The first kappa shape index (κ1) is 18.3. The molecule has 132 valence electrons. The van der Waals surface area contributed by atoms with Gasteiger partial charge in [-0.1, -0.05) is 12.1 Å². The van der Waals surface area contributed by atoms with E-state index in [2.05, 4.69) is 16.0 Å². The summed E-state index contributed by atoms with van der Waals surface area (Å²) in [6, 6.07) is 7.73. The highest BCUT2D eigenvalue weighted by Gasteiger charge is 2.10. The van der Waals surface area contributed by atoms with Gasteiger partial charge in [0.15, 0.2) is 0 Å². The molecule has 0 saturated carbocycles. The Kier molecular flexibility index (Phi) is 6.39. The van der Waals surface area contributed by atoms with E-state index in [0.29, 0.717) is 12.5 Å². The molecule has 5 nitrogen and oxygen atoms in total. The van der Waals surface area contributed by atoms with Crippen LogP contribution in [0.2, 0.25) is 0 Å². The molecule has 0 atom stereocenters. The summed E-state index contributed by atoms with van der Waals surface area (Å²) in [5.41, 5.74) is -0.202. The van der Waals surface area contributed by atoms with Crippen molar-refractivity contribution >= 4 is 17.6 Å². The fraction of sp³-hybridized carbons (Fsp3) is 0.176. The highest BCUT2D eigenvalue weighted by molar-refractivity contribution is 5.94. The molecule has 25 heavy (non-hydrogen) atoms. The van der Waals surface area contributed by atoms with Crippen LogP contribution < -0.4 is 16.0 Å². The minimum Gasteiger partial charge on any atom is -0.352 e. The molecule has 0 heterocycles. The number of carbonyl (C=O) groups excluding carboxylic acids is 2. The summed E-state index contributed by atoms with van der Waals surface area (Å²) in [5.74, 6) is -2.78. The van der Waals surface area contributed by atoms with E-state index in [4.69, 9.17) is 0 Å². The van der Waals surface area contributed by atoms with E-state index < -0.39 is 29.4 Å². The molecule has 0 radical (unpaired) electrons. The maximum Gasteiger partial charge on any atom is 0.319 e. The molecule has 0 aliphatic rings. The van der Waals surface area contributed by atoms with Crippen LogP contribution in [0, 0.1) is 17.5 Å². The van der Waals surface area contributed by atoms with Crippen molar-refractivity contribution in [3.05, 3.63) is 65.5 Å². The number of hydrogen-bond acceptors (Lipinski definition) is 2. The van der Waals surface area contributed by atoms with E-state index in [1.165, 1.54) is 18.2 Å². The van der Waals surface area contributed by atoms with E-state index in [9.17, 15) is 22.8 Å². The minimum atomic E-state index is -0.882.